The largest absolute Gasteiger partial charge is 0.339 e. The van der Waals surface area contributed by atoms with Gasteiger partial charge in [0.05, 0.1) is 0 Å². The highest BCUT2D eigenvalue weighted by Crippen LogP contribution is 2.39. The van der Waals surface area contributed by atoms with E-state index in [1.807, 2.05) is 0 Å². The molecule has 1 aromatic rings. The van der Waals surface area contributed by atoms with E-state index in [1.54, 1.807) is 0 Å². The molecule has 2 saturated carbocycles. The quantitative estimate of drug-likeness (QED) is 0.804. The maximum Gasteiger partial charge on any atom is 0.229 e. The van der Waals surface area contributed by atoms with Gasteiger partial charge in [-0.25, -0.2) is 0 Å². The second-order valence-corrected chi connectivity index (χ2v) is 4.88. The first-order chi connectivity index (χ1) is 7.33. The van der Waals surface area contributed by atoms with Crippen molar-refractivity contribution in [3.63, 3.8) is 0 Å². The summed E-state index contributed by atoms with van der Waals surface area (Å²) in [6, 6.07) is 0.382. The van der Waals surface area contributed by atoms with Crippen molar-refractivity contribution in [1.82, 2.24) is 10.1 Å². The lowest BCUT2D eigenvalue weighted by molar-refractivity contribution is 0.300. The van der Waals surface area contributed by atoms with E-state index in [-0.39, 0.29) is 0 Å². The van der Waals surface area contributed by atoms with E-state index in [1.165, 1.54) is 12.8 Å². The Kier molecular flexibility index (Phi) is 2.24. The maximum absolute atomic E-state index is 5.87. The van der Waals surface area contributed by atoms with Crippen molar-refractivity contribution in [3.05, 3.63) is 11.7 Å². The van der Waals surface area contributed by atoms with Gasteiger partial charge in [-0.05, 0) is 38.5 Å². The maximum atomic E-state index is 5.87. The molecular formula is C11H17N3O. The Morgan fingerprint density at radius 3 is 2.33 bits per heavy atom. The van der Waals surface area contributed by atoms with Gasteiger partial charge in [-0.2, -0.15) is 4.98 Å². The van der Waals surface area contributed by atoms with Gasteiger partial charge in [-0.1, -0.05) is 5.16 Å². The van der Waals surface area contributed by atoms with Gasteiger partial charge >= 0.3 is 0 Å². The molecule has 2 N–H and O–H groups in total. The Morgan fingerprint density at radius 2 is 1.67 bits per heavy atom. The first-order valence-electron chi connectivity index (χ1n) is 5.92. The molecule has 0 atom stereocenters. The van der Waals surface area contributed by atoms with Gasteiger partial charge in [0.1, 0.15) is 0 Å². The van der Waals surface area contributed by atoms with E-state index < -0.39 is 0 Å². The zero-order chi connectivity index (χ0) is 10.3. The summed E-state index contributed by atoms with van der Waals surface area (Å²) in [5.41, 5.74) is 5.87. The molecule has 0 spiro atoms. The van der Waals surface area contributed by atoms with Crippen molar-refractivity contribution in [3.8, 4) is 0 Å². The van der Waals surface area contributed by atoms with Crippen LogP contribution in [-0.4, -0.2) is 16.2 Å². The summed E-state index contributed by atoms with van der Waals surface area (Å²) in [7, 11) is 0. The van der Waals surface area contributed by atoms with Crippen LogP contribution in [0.5, 0.6) is 0 Å². The Balaban J connectivity index is 1.69. The molecule has 2 aliphatic carbocycles. The molecule has 0 bridgehead atoms. The van der Waals surface area contributed by atoms with E-state index in [2.05, 4.69) is 10.1 Å². The summed E-state index contributed by atoms with van der Waals surface area (Å²) in [5, 5.41) is 4.06. The fraction of sp³-hybridized carbons (Fsp3) is 0.818. The summed E-state index contributed by atoms with van der Waals surface area (Å²) >= 11 is 0. The number of hydrogen-bond donors (Lipinski definition) is 1. The van der Waals surface area contributed by atoms with Gasteiger partial charge in [-0.15, -0.1) is 0 Å². The van der Waals surface area contributed by atoms with Gasteiger partial charge in [0, 0.05) is 17.9 Å². The van der Waals surface area contributed by atoms with Crippen LogP contribution in [0.3, 0.4) is 0 Å². The average molecular weight is 207 g/mol. The van der Waals surface area contributed by atoms with E-state index in [4.69, 9.17) is 10.3 Å². The fourth-order valence-corrected chi connectivity index (χ4v) is 2.29. The van der Waals surface area contributed by atoms with Crippen LogP contribution in [0.2, 0.25) is 0 Å². The molecule has 1 aromatic heterocycles. The number of nitrogens with two attached hydrogens (primary N) is 1. The van der Waals surface area contributed by atoms with Gasteiger partial charge in [0.25, 0.3) is 0 Å². The smallest absolute Gasteiger partial charge is 0.229 e. The Bertz CT molecular complexity index is 337. The third kappa shape index (κ3) is 1.91. The first kappa shape index (κ1) is 9.33. The lowest BCUT2D eigenvalue weighted by Gasteiger charge is -2.22. The van der Waals surface area contributed by atoms with E-state index >= 15 is 0 Å². The molecule has 2 aliphatic rings. The minimum atomic E-state index is 0.382. The van der Waals surface area contributed by atoms with Crippen LogP contribution in [0.25, 0.3) is 0 Å². The molecule has 0 unspecified atom stereocenters. The van der Waals surface area contributed by atoms with Crippen LogP contribution in [0, 0.1) is 0 Å². The summed E-state index contributed by atoms with van der Waals surface area (Å²) in [6.07, 6.45) is 6.85. The summed E-state index contributed by atoms with van der Waals surface area (Å²) in [4.78, 5) is 4.50. The highest BCUT2D eigenvalue weighted by atomic mass is 16.5. The Hall–Kier alpha value is -0.900. The molecular weight excluding hydrogens is 190 g/mol. The van der Waals surface area contributed by atoms with Crippen molar-refractivity contribution >= 4 is 0 Å². The molecule has 82 valence electrons. The third-order valence-corrected chi connectivity index (χ3v) is 3.52. The van der Waals surface area contributed by atoms with Crippen LogP contribution < -0.4 is 5.73 Å². The van der Waals surface area contributed by atoms with Crippen LogP contribution in [0.4, 0.5) is 0 Å². The molecule has 2 fully saturated rings. The second kappa shape index (κ2) is 3.59. The highest BCUT2D eigenvalue weighted by Gasteiger charge is 2.31. The van der Waals surface area contributed by atoms with Crippen molar-refractivity contribution in [1.29, 1.82) is 0 Å². The molecule has 1 heterocycles. The summed E-state index contributed by atoms with van der Waals surface area (Å²) in [6.45, 7) is 0. The van der Waals surface area contributed by atoms with Crippen molar-refractivity contribution < 1.29 is 4.52 Å². The topological polar surface area (TPSA) is 64.9 Å². The Morgan fingerprint density at radius 1 is 1.00 bits per heavy atom. The van der Waals surface area contributed by atoms with Gasteiger partial charge < -0.3 is 10.3 Å². The zero-order valence-electron chi connectivity index (χ0n) is 8.85. The lowest BCUT2D eigenvalue weighted by Crippen LogP contribution is -2.25. The van der Waals surface area contributed by atoms with Crippen LogP contribution in [0.1, 0.15) is 62.1 Å². The molecule has 0 aliphatic heterocycles. The van der Waals surface area contributed by atoms with Crippen LogP contribution in [-0.2, 0) is 0 Å². The molecule has 0 amide bonds. The van der Waals surface area contributed by atoms with Crippen LogP contribution in [0.15, 0.2) is 4.52 Å². The zero-order valence-corrected chi connectivity index (χ0v) is 8.85. The lowest BCUT2D eigenvalue weighted by atomic mass is 9.86. The molecule has 0 saturated heterocycles. The van der Waals surface area contributed by atoms with E-state index in [0.717, 1.165) is 37.4 Å². The molecule has 15 heavy (non-hydrogen) atoms. The number of hydrogen-bond acceptors (Lipinski definition) is 4. The highest BCUT2D eigenvalue weighted by molar-refractivity contribution is 5.05. The minimum Gasteiger partial charge on any atom is -0.339 e. The standard InChI is InChI=1S/C11H17N3O/c12-9-5-3-8(4-6-9)11-13-10(14-15-11)7-1-2-7/h7-9H,1-6,12H2. The fourth-order valence-electron chi connectivity index (χ4n) is 2.29. The molecule has 0 radical (unpaired) electrons. The predicted octanol–water partition coefficient (Wildman–Crippen LogP) is 1.93. The second-order valence-electron chi connectivity index (χ2n) is 4.88. The van der Waals surface area contributed by atoms with Gasteiger partial charge in [0.15, 0.2) is 5.82 Å². The van der Waals surface area contributed by atoms with E-state index in [9.17, 15) is 0 Å². The SMILES string of the molecule is NC1CCC(c2nc(C3CC3)no2)CC1. The first-order valence-corrected chi connectivity index (χ1v) is 5.92. The molecule has 4 nitrogen and oxygen atoms in total. The van der Waals surface area contributed by atoms with Crippen molar-refractivity contribution in [2.24, 2.45) is 5.73 Å². The molecule has 0 aromatic carbocycles. The normalized spacial score (nSPS) is 31.8. The van der Waals surface area contributed by atoms with Crippen molar-refractivity contribution in [2.45, 2.75) is 56.4 Å². The Labute approximate surface area is 89.2 Å². The third-order valence-electron chi connectivity index (χ3n) is 3.52. The minimum absolute atomic E-state index is 0.382. The van der Waals surface area contributed by atoms with Crippen molar-refractivity contribution in [2.75, 3.05) is 0 Å². The van der Waals surface area contributed by atoms with Gasteiger partial charge in [0.2, 0.25) is 5.89 Å². The average Bonchev–Trinajstić information content (AvgIpc) is 2.99. The number of nitrogens with zero attached hydrogens (tertiary/aromatic N) is 2. The monoisotopic (exact) mass is 207 g/mol. The van der Waals surface area contributed by atoms with E-state index in [0.29, 0.717) is 17.9 Å². The predicted molar refractivity (Wildman–Crippen MR) is 55.5 cm³/mol. The summed E-state index contributed by atoms with van der Waals surface area (Å²) < 4.78 is 5.34. The van der Waals surface area contributed by atoms with Gasteiger partial charge in [-0.3, -0.25) is 0 Å². The number of rotatable bonds is 2. The molecule has 4 heteroatoms. The molecule has 3 rings (SSSR count). The number of aromatic nitrogens is 2. The summed E-state index contributed by atoms with van der Waals surface area (Å²) in [5.74, 6) is 2.84. The van der Waals surface area contributed by atoms with Crippen LogP contribution >= 0.6 is 0 Å².